The second kappa shape index (κ2) is 7.93. The van der Waals surface area contributed by atoms with Crippen molar-refractivity contribution >= 4 is 50.6 Å². The van der Waals surface area contributed by atoms with E-state index < -0.39 is 16.1 Å². The molecule has 0 atom stereocenters. The number of ether oxygens (including phenoxy) is 1. The summed E-state index contributed by atoms with van der Waals surface area (Å²) >= 11 is 4.18. The van der Waals surface area contributed by atoms with Gasteiger partial charge in [0, 0.05) is 11.6 Å². The number of thioether (sulfide) groups is 1. The van der Waals surface area contributed by atoms with Crippen LogP contribution >= 0.6 is 27.7 Å². The zero-order valence-electron chi connectivity index (χ0n) is 14.0. The molecule has 0 spiro atoms. The maximum absolute atomic E-state index is 12.6. The van der Waals surface area contributed by atoms with E-state index in [4.69, 9.17) is 4.74 Å². The van der Waals surface area contributed by atoms with Gasteiger partial charge in [-0.1, -0.05) is 24.3 Å². The average molecular weight is 449 g/mol. The third kappa shape index (κ3) is 4.04. The second-order valence-corrected chi connectivity index (χ2v) is 7.40. The number of nitro benzene ring substituents is 1. The fourth-order valence-electron chi connectivity index (χ4n) is 2.55. The Labute approximate surface area is 167 Å². The first kappa shape index (κ1) is 19.1. The molecule has 0 radical (unpaired) electrons. The summed E-state index contributed by atoms with van der Waals surface area (Å²) in [5.41, 5.74) is 0.900. The SMILES string of the molecule is COc1ccc(/C=C2/SC(=O)N(Cc3ccccc3[N+](=O)[O-])C2=O)cc1Br. The number of amides is 2. The Morgan fingerprint density at radius 1 is 1.26 bits per heavy atom. The summed E-state index contributed by atoms with van der Waals surface area (Å²) in [5.74, 6) is 0.173. The molecule has 1 aliphatic heterocycles. The van der Waals surface area contributed by atoms with Crippen molar-refractivity contribution < 1.29 is 19.2 Å². The van der Waals surface area contributed by atoms with Crippen molar-refractivity contribution in [2.45, 2.75) is 6.54 Å². The molecule has 1 aliphatic rings. The monoisotopic (exact) mass is 448 g/mol. The van der Waals surface area contributed by atoms with E-state index in [9.17, 15) is 19.7 Å². The van der Waals surface area contributed by atoms with E-state index in [2.05, 4.69) is 15.9 Å². The maximum Gasteiger partial charge on any atom is 0.293 e. The Hall–Kier alpha value is -2.65. The van der Waals surface area contributed by atoms with Crippen LogP contribution in [0.5, 0.6) is 5.75 Å². The van der Waals surface area contributed by atoms with Crippen molar-refractivity contribution in [3.63, 3.8) is 0 Å². The Bertz CT molecular complexity index is 976. The van der Waals surface area contributed by atoms with E-state index in [-0.39, 0.29) is 17.1 Å². The Kier molecular flexibility index (Phi) is 5.62. The molecular weight excluding hydrogens is 436 g/mol. The highest BCUT2D eigenvalue weighted by Crippen LogP contribution is 2.35. The first-order chi connectivity index (χ1) is 12.9. The number of nitrogens with zero attached hydrogens (tertiary/aromatic N) is 2. The molecular formula is C18H13BrN2O5S. The molecule has 9 heteroatoms. The highest BCUT2D eigenvalue weighted by molar-refractivity contribution is 9.10. The third-order valence-corrected chi connectivity index (χ3v) is 5.39. The highest BCUT2D eigenvalue weighted by atomic mass is 79.9. The van der Waals surface area contributed by atoms with Crippen LogP contribution in [0.1, 0.15) is 11.1 Å². The summed E-state index contributed by atoms with van der Waals surface area (Å²) in [6.07, 6.45) is 1.61. The Balaban J connectivity index is 1.85. The minimum atomic E-state index is -0.529. The van der Waals surface area contributed by atoms with Gasteiger partial charge in [-0.2, -0.15) is 0 Å². The average Bonchev–Trinajstić information content (AvgIpc) is 2.89. The van der Waals surface area contributed by atoms with Crippen LogP contribution in [0.2, 0.25) is 0 Å². The van der Waals surface area contributed by atoms with Crippen LogP contribution in [0.4, 0.5) is 10.5 Å². The summed E-state index contributed by atoms with van der Waals surface area (Å²) < 4.78 is 5.89. The van der Waals surface area contributed by atoms with Gasteiger partial charge in [0.05, 0.1) is 28.0 Å². The lowest BCUT2D eigenvalue weighted by atomic mass is 10.1. The van der Waals surface area contributed by atoms with Crippen molar-refractivity contribution in [3.05, 3.63) is 73.1 Å². The van der Waals surface area contributed by atoms with Crippen LogP contribution in [0.3, 0.4) is 0 Å². The normalized spacial score (nSPS) is 15.5. The molecule has 1 saturated heterocycles. The van der Waals surface area contributed by atoms with Crippen molar-refractivity contribution in [3.8, 4) is 5.75 Å². The molecule has 0 saturated carbocycles. The predicted octanol–water partition coefficient (Wildman–Crippen LogP) is 4.60. The first-order valence-corrected chi connectivity index (χ1v) is 9.33. The van der Waals surface area contributed by atoms with Crippen LogP contribution in [0, 0.1) is 10.1 Å². The van der Waals surface area contributed by atoms with E-state index in [1.54, 1.807) is 37.5 Å². The van der Waals surface area contributed by atoms with Crippen LogP contribution in [-0.2, 0) is 11.3 Å². The number of methoxy groups -OCH3 is 1. The number of nitro groups is 1. The molecule has 7 nitrogen and oxygen atoms in total. The zero-order valence-corrected chi connectivity index (χ0v) is 16.5. The molecule has 0 bridgehead atoms. The number of carbonyl (C=O) groups is 2. The molecule has 27 heavy (non-hydrogen) atoms. The van der Waals surface area contributed by atoms with Gasteiger partial charge in [-0.25, -0.2) is 0 Å². The molecule has 2 aromatic carbocycles. The van der Waals surface area contributed by atoms with Gasteiger partial charge in [-0.3, -0.25) is 24.6 Å². The number of benzene rings is 2. The van der Waals surface area contributed by atoms with Crippen LogP contribution in [0.15, 0.2) is 51.8 Å². The molecule has 2 amide bonds. The molecule has 0 aliphatic carbocycles. The summed E-state index contributed by atoms with van der Waals surface area (Å²) in [4.78, 5) is 36.8. The quantitative estimate of drug-likeness (QED) is 0.377. The van der Waals surface area contributed by atoms with Crippen LogP contribution in [0.25, 0.3) is 6.08 Å². The first-order valence-electron chi connectivity index (χ1n) is 7.72. The predicted molar refractivity (Wildman–Crippen MR) is 105 cm³/mol. The van der Waals surface area contributed by atoms with Gasteiger partial charge in [0.1, 0.15) is 5.75 Å². The van der Waals surface area contributed by atoms with Gasteiger partial charge in [0.25, 0.3) is 16.8 Å². The lowest BCUT2D eigenvalue weighted by Gasteiger charge is -2.12. The molecule has 0 unspecified atom stereocenters. The molecule has 0 N–H and O–H groups in total. The molecule has 0 aromatic heterocycles. The third-order valence-electron chi connectivity index (χ3n) is 3.86. The van der Waals surface area contributed by atoms with Crippen molar-refractivity contribution in [1.29, 1.82) is 0 Å². The van der Waals surface area contributed by atoms with Crippen LogP contribution in [-0.4, -0.2) is 28.1 Å². The van der Waals surface area contributed by atoms with Gasteiger partial charge in [0.15, 0.2) is 0 Å². The zero-order chi connectivity index (χ0) is 19.6. The Morgan fingerprint density at radius 3 is 2.67 bits per heavy atom. The lowest BCUT2D eigenvalue weighted by Crippen LogP contribution is -2.27. The molecule has 1 fully saturated rings. The standard InChI is InChI=1S/C18H13BrN2O5S/c1-26-15-7-6-11(8-13(15)19)9-16-17(22)20(18(23)27-16)10-12-4-2-3-5-14(12)21(24)25/h2-9H,10H2,1H3/b16-9+. The Morgan fingerprint density at radius 2 is 2.00 bits per heavy atom. The van der Waals surface area contributed by atoms with E-state index in [1.165, 1.54) is 18.2 Å². The lowest BCUT2D eigenvalue weighted by molar-refractivity contribution is -0.385. The topological polar surface area (TPSA) is 89.8 Å². The molecule has 3 rings (SSSR count). The summed E-state index contributed by atoms with van der Waals surface area (Å²) in [6.45, 7) is -0.147. The smallest absolute Gasteiger partial charge is 0.293 e. The van der Waals surface area contributed by atoms with Crippen molar-refractivity contribution in [1.82, 2.24) is 4.90 Å². The second-order valence-electron chi connectivity index (χ2n) is 5.55. The van der Waals surface area contributed by atoms with Crippen molar-refractivity contribution in [2.75, 3.05) is 7.11 Å². The van der Waals surface area contributed by atoms with E-state index >= 15 is 0 Å². The van der Waals surface area contributed by atoms with Crippen molar-refractivity contribution in [2.24, 2.45) is 0 Å². The maximum atomic E-state index is 12.6. The number of rotatable bonds is 5. The molecule has 2 aromatic rings. The number of halogens is 1. The van der Waals surface area contributed by atoms with Crippen LogP contribution < -0.4 is 4.74 Å². The summed E-state index contributed by atoms with van der Waals surface area (Å²) in [6, 6.07) is 11.3. The minimum Gasteiger partial charge on any atom is -0.496 e. The number of imide groups is 1. The fraction of sp³-hybridized carbons (Fsp3) is 0.111. The van der Waals surface area contributed by atoms with Gasteiger partial charge in [-0.05, 0) is 51.5 Å². The minimum absolute atomic E-state index is 0.125. The van der Waals surface area contributed by atoms with Gasteiger partial charge in [0.2, 0.25) is 0 Å². The van der Waals surface area contributed by atoms with Gasteiger partial charge >= 0.3 is 0 Å². The number of para-hydroxylation sites is 1. The highest BCUT2D eigenvalue weighted by Gasteiger charge is 2.36. The number of hydrogen-bond donors (Lipinski definition) is 0. The van der Waals surface area contributed by atoms with E-state index in [0.717, 1.165) is 26.7 Å². The summed E-state index contributed by atoms with van der Waals surface area (Å²) in [5, 5.41) is 10.7. The van der Waals surface area contributed by atoms with Gasteiger partial charge < -0.3 is 4.74 Å². The van der Waals surface area contributed by atoms with E-state index in [0.29, 0.717) is 11.3 Å². The number of carbonyl (C=O) groups excluding carboxylic acids is 2. The molecule has 138 valence electrons. The largest absolute Gasteiger partial charge is 0.496 e. The summed E-state index contributed by atoms with van der Waals surface area (Å²) in [7, 11) is 1.55. The van der Waals surface area contributed by atoms with E-state index in [1.807, 2.05) is 0 Å². The molecule has 1 heterocycles. The fourth-order valence-corrected chi connectivity index (χ4v) is 3.95. The van der Waals surface area contributed by atoms with Gasteiger partial charge in [-0.15, -0.1) is 0 Å². The number of hydrogen-bond acceptors (Lipinski definition) is 6.